The number of hydrogen-bond donors (Lipinski definition) is 1. The number of likely N-dealkylation sites (tertiary alicyclic amines) is 1. The zero-order valence-electron chi connectivity index (χ0n) is 14.4. The van der Waals surface area contributed by atoms with Crippen LogP contribution in [-0.2, 0) is 6.42 Å². The summed E-state index contributed by atoms with van der Waals surface area (Å²) in [6, 6.07) is 19.4. The molecule has 24 heavy (non-hydrogen) atoms. The van der Waals surface area contributed by atoms with Gasteiger partial charge in [0.1, 0.15) is 5.75 Å². The van der Waals surface area contributed by atoms with E-state index in [0.717, 1.165) is 25.2 Å². The first kappa shape index (κ1) is 17.0. The Morgan fingerprint density at radius 1 is 0.958 bits per heavy atom. The summed E-state index contributed by atoms with van der Waals surface area (Å²) in [6.45, 7) is 3.76. The monoisotopic (exact) mass is 324 g/mol. The first-order valence-electron chi connectivity index (χ1n) is 9.07. The minimum absolute atomic E-state index is 0.347. The highest BCUT2D eigenvalue weighted by Gasteiger charge is 2.21. The zero-order chi connectivity index (χ0) is 16.6. The van der Waals surface area contributed by atoms with E-state index >= 15 is 0 Å². The van der Waals surface area contributed by atoms with Crippen LogP contribution in [-0.4, -0.2) is 31.1 Å². The van der Waals surface area contributed by atoms with E-state index in [2.05, 4.69) is 59.5 Å². The van der Waals surface area contributed by atoms with Crippen molar-refractivity contribution in [2.45, 2.75) is 31.7 Å². The molecule has 3 heteroatoms. The second-order valence-electron chi connectivity index (χ2n) is 6.50. The number of benzene rings is 2. The van der Waals surface area contributed by atoms with Gasteiger partial charge in [0.05, 0.1) is 6.61 Å². The van der Waals surface area contributed by atoms with Crippen molar-refractivity contribution in [1.29, 1.82) is 0 Å². The van der Waals surface area contributed by atoms with Gasteiger partial charge in [0, 0.05) is 12.6 Å². The Hall–Kier alpha value is -1.84. The van der Waals surface area contributed by atoms with Crippen molar-refractivity contribution in [2.24, 2.45) is 5.73 Å². The molecule has 0 aliphatic carbocycles. The van der Waals surface area contributed by atoms with Crippen LogP contribution in [0.5, 0.6) is 5.75 Å². The van der Waals surface area contributed by atoms with Crippen LogP contribution in [0.25, 0.3) is 0 Å². The molecule has 1 unspecified atom stereocenters. The van der Waals surface area contributed by atoms with Crippen LogP contribution in [0.2, 0.25) is 0 Å². The summed E-state index contributed by atoms with van der Waals surface area (Å²) in [5, 5.41) is 0. The molecule has 1 atom stereocenters. The lowest BCUT2D eigenvalue weighted by atomic mass is 10.1. The van der Waals surface area contributed by atoms with Gasteiger partial charge in [-0.2, -0.15) is 0 Å². The number of nitrogens with two attached hydrogens (primary N) is 1. The summed E-state index contributed by atoms with van der Waals surface area (Å²) < 4.78 is 5.88. The average molecular weight is 324 g/mol. The topological polar surface area (TPSA) is 38.5 Å². The third kappa shape index (κ3) is 4.59. The van der Waals surface area contributed by atoms with Gasteiger partial charge >= 0.3 is 0 Å². The van der Waals surface area contributed by atoms with Crippen LogP contribution in [0.1, 0.15) is 36.4 Å². The maximum Gasteiger partial charge on any atom is 0.119 e. The van der Waals surface area contributed by atoms with Gasteiger partial charge in [-0.25, -0.2) is 0 Å². The van der Waals surface area contributed by atoms with Crippen LogP contribution in [0.3, 0.4) is 0 Å². The molecule has 1 saturated heterocycles. The van der Waals surface area contributed by atoms with Gasteiger partial charge in [-0.3, -0.25) is 4.90 Å². The van der Waals surface area contributed by atoms with Gasteiger partial charge in [-0.05, 0) is 62.0 Å². The number of ether oxygens (including phenoxy) is 1. The van der Waals surface area contributed by atoms with E-state index in [-0.39, 0.29) is 0 Å². The van der Waals surface area contributed by atoms with Crippen LogP contribution < -0.4 is 10.5 Å². The molecule has 0 bridgehead atoms. The van der Waals surface area contributed by atoms with Crippen molar-refractivity contribution < 1.29 is 4.74 Å². The molecule has 3 nitrogen and oxygen atoms in total. The van der Waals surface area contributed by atoms with Crippen LogP contribution in [0.4, 0.5) is 0 Å². The van der Waals surface area contributed by atoms with Crippen LogP contribution in [0, 0.1) is 0 Å². The minimum atomic E-state index is 0.347. The molecule has 1 aliphatic rings. The maximum absolute atomic E-state index is 6.00. The first-order chi connectivity index (χ1) is 11.9. The van der Waals surface area contributed by atoms with E-state index in [0.29, 0.717) is 12.6 Å². The van der Waals surface area contributed by atoms with Crippen molar-refractivity contribution >= 4 is 0 Å². The predicted octanol–water partition coefficient (Wildman–Crippen LogP) is 3.79. The Labute approximate surface area is 145 Å². The van der Waals surface area contributed by atoms with Crippen molar-refractivity contribution in [2.75, 3.05) is 26.2 Å². The Morgan fingerprint density at radius 2 is 1.67 bits per heavy atom. The van der Waals surface area contributed by atoms with Gasteiger partial charge in [-0.1, -0.05) is 42.5 Å². The molecule has 0 spiro atoms. The van der Waals surface area contributed by atoms with Crippen LogP contribution in [0.15, 0.2) is 54.6 Å². The molecule has 0 radical (unpaired) electrons. The molecular formula is C21H28N2O. The Morgan fingerprint density at radius 3 is 2.33 bits per heavy atom. The van der Waals surface area contributed by atoms with Gasteiger partial charge in [0.2, 0.25) is 0 Å². The molecular weight excluding hydrogens is 296 g/mol. The third-order valence-electron chi connectivity index (χ3n) is 4.79. The highest BCUT2D eigenvalue weighted by atomic mass is 16.5. The molecule has 0 saturated carbocycles. The van der Waals surface area contributed by atoms with Crippen molar-refractivity contribution in [3.05, 3.63) is 65.7 Å². The lowest BCUT2D eigenvalue weighted by Crippen LogP contribution is -2.31. The normalized spacial score (nSPS) is 16.2. The maximum atomic E-state index is 6.00. The quantitative estimate of drug-likeness (QED) is 0.751. The van der Waals surface area contributed by atoms with Crippen LogP contribution >= 0.6 is 0 Å². The second-order valence-corrected chi connectivity index (χ2v) is 6.50. The minimum Gasteiger partial charge on any atom is -0.494 e. The summed E-state index contributed by atoms with van der Waals surface area (Å²) in [5.41, 5.74) is 8.67. The average Bonchev–Trinajstić information content (AvgIpc) is 3.16. The molecule has 2 aromatic rings. The molecule has 1 fully saturated rings. The molecule has 3 rings (SSSR count). The fraction of sp³-hybridized carbons (Fsp3) is 0.429. The van der Waals surface area contributed by atoms with E-state index < -0.39 is 0 Å². The highest BCUT2D eigenvalue weighted by Crippen LogP contribution is 2.25. The van der Waals surface area contributed by atoms with E-state index in [1.807, 2.05) is 0 Å². The molecule has 2 N–H and O–H groups in total. The zero-order valence-corrected chi connectivity index (χ0v) is 14.4. The van der Waals surface area contributed by atoms with E-state index in [1.54, 1.807) is 0 Å². The number of rotatable bonds is 8. The summed E-state index contributed by atoms with van der Waals surface area (Å²) in [4.78, 5) is 2.50. The lowest BCUT2D eigenvalue weighted by Gasteiger charge is -2.26. The molecule has 1 heterocycles. The molecule has 2 aromatic carbocycles. The number of hydrogen-bond acceptors (Lipinski definition) is 3. The SMILES string of the molecule is NCC(c1ccc(OCCCc2ccccc2)cc1)N1CCCC1. The molecule has 1 aliphatic heterocycles. The van der Waals surface area contributed by atoms with Crippen molar-refractivity contribution in [3.63, 3.8) is 0 Å². The van der Waals surface area contributed by atoms with E-state index in [1.165, 1.54) is 37.1 Å². The third-order valence-corrected chi connectivity index (χ3v) is 4.79. The van der Waals surface area contributed by atoms with Gasteiger partial charge < -0.3 is 10.5 Å². The predicted molar refractivity (Wildman–Crippen MR) is 99.3 cm³/mol. The number of aryl methyl sites for hydroxylation is 1. The van der Waals surface area contributed by atoms with E-state index in [4.69, 9.17) is 10.5 Å². The van der Waals surface area contributed by atoms with Gasteiger partial charge in [0.25, 0.3) is 0 Å². The van der Waals surface area contributed by atoms with Gasteiger partial charge in [-0.15, -0.1) is 0 Å². The largest absolute Gasteiger partial charge is 0.494 e. The first-order valence-corrected chi connectivity index (χ1v) is 9.07. The smallest absolute Gasteiger partial charge is 0.119 e. The van der Waals surface area contributed by atoms with Crippen molar-refractivity contribution in [3.8, 4) is 5.75 Å². The summed E-state index contributed by atoms with van der Waals surface area (Å²) in [6.07, 6.45) is 4.67. The molecule has 0 aromatic heterocycles. The summed E-state index contributed by atoms with van der Waals surface area (Å²) in [5.74, 6) is 0.948. The fourth-order valence-electron chi connectivity index (χ4n) is 3.45. The second kappa shape index (κ2) is 8.86. The Bertz CT molecular complexity index is 591. The van der Waals surface area contributed by atoms with Crippen molar-refractivity contribution in [1.82, 2.24) is 4.90 Å². The standard InChI is InChI=1S/C21H28N2O/c22-17-21(23-14-4-5-15-23)19-10-12-20(13-11-19)24-16-6-9-18-7-2-1-3-8-18/h1-3,7-8,10-13,21H,4-6,9,14-17,22H2. The fourth-order valence-corrected chi connectivity index (χ4v) is 3.45. The highest BCUT2D eigenvalue weighted by molar-refractivity contribution is 5.29. The summed E-state index contributed by atoms with van der Waals surface area (Å²) in [7, 11) is 0. The lowest BCUT2D eigenvalue weighted by molar-refractivity contribution is 0.251. The molecule has 0 amide bonds. The Balaban J connectivity index is 1.47. The Kier molecular flexibility index (Phi) is 6.27. The summed E-state index contributed by atoms with van der Waals surface area (Å²) >= 11 is 0. The number of nitrogens with zero attached hydrogens (tertiary/aromatic N) is 1. The van der Waals surface area contributed by atoms with E-state index in [9.17, 15) is 0 Å². The molecule has 128 valence electrons. The van der Waals surface area contributed by atoms with Gasteiger partial charge in [0.15, 0.2) is 0 Å².